The summed E-state index contributed by atoms with van der Waals surface area (Å²) in [4.78, 5) is 2.28. The summed E-state index contributed by atoms with van der Waals surface area (Å²) in [7, 11) is 0. The average Bonchev–Trinajstić information content (AvgIpc) is 2.07. The molecule has 1 fully saturated rings. The lowest BCUT2D eigenvalue weighted by molar-refractivity contribution is 0.410. The van der Waals surface area contributed by atoms with E-state index in [1.54, 1.807) is 0 Å². The van der Waals surface area contributed by atoms with Crippen LogP contribution in [0.4, 0.5) is 0 Å². The van der Waals surface area contributed by atoms with E-state index in [0.29, 0.717) is 6.04 Å². The van der Waals surface area contributed by atoms with Crippen LogP contribution in [0.5, 0.6) is 0 Å². The lowest BCUT2D eigenvalue weighted by Crippen LogP contribution is -2.27. The minimum atomic E-state index is 0.529. The van der Waals surface area contributed by atoms with Gasteiger partial charge in [0, 0.05) is 13.1 Å². The van der Waals surface area contributed by atoms with Gasteiger partial charge in [0.25, 0.3) is 0 Å². The zero-order valence-electron chi connectivity index (χ0n) is 6.22. The van der Waals surface area contributed by atoms with Crippen LogP contribution in [-0.4, -0.2) is 24.0 Å². The standard InChI is InChI=1S/C8H12N2/c1-6-3-8-5-10(4-6)7(2)9-8/h3,8-9H,2,4-5H2,1H3. The summed E-state index contributed by atoms with van der Waals surface area (Å²) in [6.45, 7) is 8.24. The van der Waals surface area contributed by atoms with Crippen molar-refractivity contribution in [3.05, 3.63) is 24.0 Å². The van der Waals surface area contributed by atoms with Crippen molar-refractivity contribution in [2.45, 2.75) is 13.0 Å². The van der Waals surface area contributed by atoms with Gasteiger partial charge in [0.05, 0.1) is 11.9 Å². The van der Waals surface area contributed by atoms with Crippen molar-refractivity contribution in [3.63, 3.8) is 0 Å². The highest BCUT2D eigenvalue weighted by Gasteiger charge is 2.26. The van der Waals surface area contributed by atoms with Crippen LogP contribution in [0.1, 0.15) is 6.92 Å². The molecule has 2 heterocycles. The predicted molar refractivity (Wildman–Crippen MR) is 41.4 cm³/mol. The first-order valence-electron chi connectivity index (χ1n) is 3.63. The van der Waals surface area contributed by atoms with Crippen LogP contribution < -0.4 is 5.32 Å². The fourth-order valence-corrected chi connectivity index (χ4v) is 1.65. The molecule has 0 saturated carbocycles. The van der Waals surface area contributed by atoms with Gasteiger partial charge in [-0.25, -0.2) is 0 Å². The van der Waals surface area contributed by atoms with Gasteiger partial charge in [-0.3, -0.25) is 0 Å². The summed E-state index contributed by atoms with van der Waals surface area (Å²) in [5.74, 6) is 1.08. The largest absolute Gasteiger partial charge is 0.364 e. The molecule has 0 radical (unpaired) electrons. The molecule has 0 amide bonds. The first-order valence-corrected chi connectivity index (χ1v) is 3.63. The van der Waals surface area contributed by atoms with Gasteiger partial charge in [0.2, 0.25) is 0 Å². The minimum absolute atomic E-state index is 0.529. The van der Waals surface area contributed by atoms with Gasteiger partial charge in [-0.15, -0.1) is 0 Å². The van der Waals surface area contributed by atoms with Gasteiger partial charge in [-0.05, 0) is 6.92 Å². The third-order valence-corrected chi connectivity index (χ3v) is 2.08. The third-order valence-electron chi connectivity index (χ3n) is 2.08. The SMILES string of the molecule is C=C1NC2C=C(C)CN1C2. The molecule has 54 valence electrons. The Labute approximate surface area is 61.2 Å². The fraction of sp³-hybridized carbons (Fsp3) is 0.500. The third kappa shape index (κ3) is 0.719. The van der Waals surface area contributed by atoms with Gasteiger partial charge >= 0.3 is 0 Å². The molecule has 0 aliphatic carbocycles. The maximum Gasteiger partial charge on any atom is 0.0947 e. The van der Waals surface area contributed by atoms with Crippen LogP contribution in [0.15, 0.2) is 24.0 Å². The van der Waals surface area contributed by atoms with Crippen LogP contribution in [-0.2, 0) is 0 Å². The molecule has 1 atom stereocenters. The molecule has 10 heavy (non-hydrogen) atoms. The first-order chi connectivity index (χ1) is 4.75. The highest BCUT2D eigenvalue weighted by Crippen LogP contribution is 2.19. The van der Waals surface area contributed by atoms with Crippen molar-refractivity contribution >= 4 is 0 Å². The van der Waals surface area contributed by atoms with Crippen molar-refractivity contribution in [2.75, 3.05) is 13.1 Å². The number of fused-ring (bicyclic) bond motifs is 2. The Morgan fingerprint density at radius 1 is 1.80 bits per heavy atom. The molecule has 0 aromatic carbocycles. The topological polar surface area (TPSA) is 15.3 Å². The highest BCUT2D eigenvalue weighted by atomic mass is 15.3. The summed E-state index contributed by atoms with van der Waals surface area (Å²) in [5, 5.41) is 3.30. The van der Waals surface area contributed by atoms with Crippen LogP contribution in [0, 0.1) is 0 Å². The van der Waals surface area contributed by atoms with E-state index in [1.165, 1.54) is 5.57 Å². The number of rotatable bonds is 0. The quantitative estimate of drug-likeness (QED) is 0.493. The summed E-state index contributed by atoms with van der Waals surface area (Å²) in [6, 6.07) is 0.529. The van der Waals surface area contributed by atoms with E-state index in [2.05, 4.69) is 29.8 Å². The Hall–Kier alpha value is -0.920. The second-order valence-corrected chi connectivity index (χ2v) is 3.09. The Morgan fingerprint density at radius 2 is 2.60 bits per heavy atom. The molecule has 0 aromatic heterocycles. The zero-order valence-corrected chi connectivity index (χ0v) is 6.22. The molecule has 0 aromatic rings. The van der Waals surface area contributed by atoms with E-state index in [0.717, 1.165) is 18.9 Å². The molecule has 2 rings (SSSR count). The summed E-state index contributed by atoms with van der Waals surface area (Å²) >= 11 is 0. The molecular formula is C8H12N2. The predicted octanol–water partition coefficient (Wildman–Crippen LogP) is 0.691. The van der Waals surface area contributed by atoms with Gasteiger partial charge < -0.3 is 10.2 Å². The number of nitrogens with zero attached hydrogens (tertiary/aromatic N) is 1. The Balaban J connectivity index is 2.26. The number of nitrogens with one attached hydrogen (secondary N) is 1. The monoisotopic (exact) mass is 136 g/mol. The Morgan fingerprint density at radius 3 is 3.30 bits per heavy atom. The summed E-state index contributed by atoms with van der Waals surface area (Å²) < 4.78 is 0. The fourth-order valence-electron chi connectivity index (χ4n) is 1.65. The molecule has 1 unspecified atom stereocenters. The molecule has 2 aliphatic heterocycles. The van der Waals surface area contributed by atoms with Crippen molar-refractivity contribution in [1.82, 2.24) is 10.2 Å². The van der Waals surface area contributed by atoms with E-state index < -0.39 is 0 Å². The van der Waals surface area contributed by atoms with Crippen LogP contribution in [0.3, 0.4) is 0 Å². The lowest BCUT2D eigenvalue weighted by atomic mass is 10.1. The smallest absolute Gasteiger partial charge is 0.0947 e. The summed E-state index contributed by atoms with van der Waals surface area (Å²) in [6.07, 6.45) is 2.29. The molecule has 1 saturated heterocycles. The second-order valence-electron chi connectivity index (χ2n) is 3.09. The molecule has 2 bridgehead atoms. The average molecular weight is 136 g/mol. The van der Waals surface area contributed by atoms with Crippen LogP contribution in [0.25, 0.3) is 0 Å². The van der Waals surface area contributed by atoms with Gasteiger partial charge in [-0.1, -0.05) is 18.2 Å². The number of hydrogen-bond acceptors (Lipinski definition) is 2. The van der Waals surface area contributed by atoms with Gasteiger partial charge in [0.1, 0.15) is 0 Å². The van der Waals surface area contributed by atoms with E-state index in [-0.39, 0.29) is 0 Å². The van der Waals surface area contributed by atoms with Crippen molar-refractivity contribution in [1.29, 1.82) is 0 Å². The maximum atomic E-state index is 3.91. The molecule has 2 heteroatoms. The van der Waals surface area contributed by atoms with Gasteiger partial charge in [0.15, 0.2) is 0 Å². The Kier molecular flexibility index (Phi) is 1.04. The molecule has 2 aliphatic rings. The minimum Gasteiger partial charge on any atom is -0.364 e. The van der Waals surface area contributed by atoms with Crippen LogP contribution in [0.2, 0.25) is 0 Å². The van der Waals surface area contributed by atoms with Crippen molar-refractivity contribution in [3.8, 4) is 0 Å². The molecule has 1 N–H and O–H groups in total. The van der Waals surface area contributed by atoms with E-state index in [9.17, 15) is 0 Å². The maximum absolute atomic E-state index is 3.91. The molecular weight excluding hydrogens is 124 g/mol. The molecule has 0 spiro atoms. The Bertz CT molecular complexity index is 205. The van der Waals surface area contributed by atoms with Crippen molar-refractivity contribution < 1.29 is 0 Å². The lowest BCUT2D eigenvalue weighted by Gasteiger charge is -2.20. The van der Waals surface area contributed by atoms with E-state index >= 15 is 0 Å². The number of hydrogen-bond donors (Lipinski definition) is 1. The van der Waals surface area contributed by atoms with E-state index in [1.807, 2.05) is 0 Å². The normalized spacial score (nSPS) is 30.1. The van der Waals surface area contributed by atoms with Crippen molar-refractivity contribution in [2.24, 2.45) is 0 Å². The van der Waals surface area contributed by atoms with Gasteiger partial charge in [-0.2, -0.15) is 0 Å². The molecule has 2 nitrogen and oxygen atoms in total. The van der Waals surface area contributed by atoms with Crippen LogP contribution >= 0.6 is 0 Å². The van der Waals surface area contributed by atoms with E-state index in [4.69, 9.17) is 0 Å². The highest BCUT2D eigenvalue weighted by molar-refractivity contribution is 5.21. The second kappa shape index (κ2) is 1.78. The summed E-state index contributed by atoms with van der Waals surface area (Å²) in [5.41, 5.74) is 1.45. The first kappa shape index (κ1) is 5.83. The zero-order chi connectivity index (χ0) is 7.14.